The van der Waals surface area contributed by atoms with Gasteiger partial charge in [0.1, 0.15) is 0 Å². The van der Waals surface area contributed by atoms with Gasteiger partial charge in [0.05, 0.1) is 5.60 Å². The van der Waals surface area contributed by atoms with E-state index in [1.807, 2.05) is 30.3 Å². The summed E-state index contributed by atoms with van der Waals surface area (Å²) in [5, 5.41) is 11.3. The fourth-order valence-electron chi connectivity index (χ4n) is 4.09. The molecule has 0 radical (unpaired) electrons. The Hall–Kier alpha value is -0.820. The lowest BCUT2D eigenvalue weighted by atomic mass is 9.62. The third-order valence-corrected chi connectivity index (χ3v) is 5.80. The first kappa shape index (κ1) is 10.1. The molecule has 17 heavy (non-hydrogen) atoms. The molecule has 2 saturated carbocycles. The molecule has 1 heteroatoms. The summed E-state index contributed by atoms with van der Waals surface area (Å²) in [6.45, 7) is 6.63. The van der Waals surface area contributed by atoms with E-state index in [-0.39, 0.29) is 10.8 Å². The summed E-state index contributed by atoms with van der Waals surface area (Å²) in [6, 6.07) is 9.84. The lowest BCUT2D eigenvalue weighted by Gasteiger charge is -2.45. The van der Waals surface area contributed by atoms with E-state index in [9.17, 15) is 5.11 Å². The van der Waals surface area contributed by atoms with Crippen molar-refractivity contribution in [1.29, 1.82) is 0 Å². The summed E-state index contributed by atoms with van der Waals surface area (Å²) in [5.74, 6) is 0.299. The quantitative estimate of drug-likeness (QED) is 0.782. The number of aliphatic hydroxyl groups is 1. The Kier molecular flexibility index (Phi) is 1.87. The minimum atomic E-state index is -0.999. The summed E-state index contributed by atoms with van der Waals surface area (Å²) in [7, 11) is 0. The number of rotatable bonds is 1. The van der Waals surface area contributed by atoms with E-state index in [4.69, 9.17) is 1.37 Å². The van der Waals surface area contributed by atoms with Crippen molar-refractivity contribution in [3.63, 3.8) is 0 Å². The Morgan fingerprint density at radius 1 is 1.24 bits per heavy atom. The van der Waals surface area contributed by atoms with Crippen LogP contribution in [0.25, 0.3) is 0 Å². The van der Waals surface area contributed by atoms with Crippen LogP contribution in [0.15, 0.2) is 30.3 Å². The molecule has 0 aromatic heterocycles. The van der Waals surface area contributed by atoms with Gasteiger partial charge in [-0.2, -0.15) is 0 Å². The number of hydrogen-bond donors (Lipinski definition) is 1. The molecule has 0 spiro atoms. The summed E-state index contributed by atoms with van der Waals surface area (Å²) >= 11 is 0. The average Bonchev–Trinajstić information content (AvgIpc) is 2.65. The monoisotopic (exact) mass is 232 g/mol. The van der Waals surface area contributed by atoms with Gasteiger partial charge in [0.2, 0.25) is 0 Å². The summed E-state index contributed by atoms with van der Waals surface area (Å²) in [4.78, 5) is 0. The Morgan fingerprint density at radius 3 is 2.41 bits per heavy atom. The fraction of sp³-hybridized carbons (Fsp3) is 0.625. The van der Waals surface area contributed by atoms with Crippen molar-refractivity contribution in [2.75, 3.05) is 0 Å². The van der Waals surface area contributed by atoms with Gasteiger partial charge >= 0.3 is 0 Å². The highest BCUT2D eigenvalue weighted by atomic mass is 16.3. The van der Waals surface area contributed by atoms with Gasteiger partial charge < -0.3 is 5.11 Å². The van der Waals surface area contributed by atoms with Gasteiger partial charge in [0.25, 0.3) is 0 Å². The van der Waals surface area contributed by atoms with Crippen LogP contribution in [0.3, 0.4) is 0 Å². The Labute approximate surface area is 105 Å². The normalized spacial score (nSPS) is 48.1. The van der Waals surface area contributed by atoms with Crippen LogP contribution < -0.4 is 0 Å². The maximum atomic E-state index is 11.3. The molecule has 2 aliphatic carbocycles. The predicted molar refractivity (Wildman–Crippen MR) is 69.6 cm³/mol. The van der Waals surface area contributed by atoms with E-state index in [1.54, 1.807) is 0 Å². The molecule has 1 unspecified atom stereocenters. The third kappa shape index (κ3) is 1.14. The van der Waals surface area contributed by atoms with Crippen LogP contribution in [0.4, 0.5) is 0 Å². The summed E-state index contributed by atoms with van der Waals surface area (Å²) in [5.41, 5.74) is -0.244. The van der Waals surface area contributed by atoms with Gasteiger partial charge in [-0.1, -0.05) is 51.1 Å². The highest BCUT2D eigenvalue weighted by molar-refractivity contribution is 5.31. The first-order valence-corrected chi connectivity index (χ1v) is 6.56. The van der Waals surface area contributed by atoms with Crippen LogP contribution >= 0.6 is 0 Å². The molecule has 1 aromatic rings. The highest BCUT2D eigenvalue weighted by Crippen LogP contribution is 2.72. The average molecular weight is 232 g/mol. The molecule has 1 nitrogen and oxygen atoms in total. The van der Waals surface area contributed by atoms with Crippen LogP contribution in [-0.2, 0) is 5.60 Å². The molecular weight excluding hydrogens is 208 g/mol. The van der Waals surface area contributed by atoms with Crippen molar-refractivity contribution in [2.45, 2.75) is 45.6 Å². The molecule has 92 valence electrons. The molecular formula is C16H22O. The second-order valence-electron chi connectivity index (χ2n) is 6.50. The van der Waals surface area contributed by atoms with Gasteiger partial charge in [-0.05, 0) is 36.1 Å². The lowest BCUT2D eigenvalue weighted by molar-refractivity contribution is -0.0957. The molecule has 0 aliphatic heterocycles. The van der Waals surface area contributed by atoms with Crippen LogP contribution in [0.1, 0.15) is 46.9 Å². The number of benzene rings is 1. The van der Waals surface area contributed by atoms with Gasteiger partial charge in [-0.3, -0.25) is 0 Å². The van der Waals surface area contributed by atoms with Crippen molar-refractivity contribution in [3.05, 3.63) is 35.9 Å². The van der Waals surface area contributed by atoms with Gasteiger partial charge in [0, 0.05) is 6.79 Å². The molecule has 4 atom stereocenters. The van der Waals surface area contributed by atoms with E-state index >= 15 is 0 Å². The van der Waals surface area contributed by atoms with Crippen LogP contribution in [-0.4, -0.2) is 5.11 Å². The van der Waals surface area contributed by atoms with Crippen molar-refractivity contribution in [2.24, 2.45) is 16.7 Å². The third-order valence-electron chi connectivity index (χ3n) is 5.80. The minimum Gasteiger partial charge on any atom is -0.385 e. The predicted octanol–water partition coefficient (Wildman–Crippen LogP) is 3.72. The van der Waals surface area contributed by atoms with Crippen molar-refractivity contribution >= 4 is 0 Å². The Morgan fingerprint density at radius 2 is 1.88 bits per heavy atom. The lowest BCUT2D eigenvalue weighted by Crippen LogP contribution is -2.44. The van der Waals surface area contributed by atoms with Crippen LogP contribution in [0, 0.1) is 16.7 Å². The first-order valence-electron chi connectivity index (χ1n) is 7.13. The maximum absolute atomic E-state index is 11.3. The van der Waals surface area contributed by atoms with Gasteiger partial charge in [0.15, 0.2) is 0 Å². The maximum Gasteiger partial charge on any atom is 0.0957 e. The molecule has 2 aliphatic rings. The molecule has 1 aromatic carbocycles. The standard InChI is InChI=1S/C16H22O/c1-14(2)13-9-10-15(14,3)16(17,11-13)12-7-5-4-6-8-12/h4-8,13,17H,9-11H2,1-3H3/t13-,15-,16+/m1/s1/i11T/t11?,13-,15-,16+. The summed E-state index contributed by atoms with van der Waals surface area (Å²) < 4.78 is 8.54. The summed E-state index contributed by atoms with van der Waals surface area (Å²) in [6.07, 6.45) is 1.69. The molecule has 0 amide bonds. The number of hydrogen-bond acceptors (Lipinski definition) is 1. The van der Waals surface area contributed by atoms with Crippen LogP contribution in [0.5, 0.6) is 0 Å². The van der Waals surface area contributed by atoms with E-state index in [0.717, 1.165) is 18.4 Å². The molecule has 0 saturated heterocycles. The molecule has 2 fully saturated rings. The molecule has 0 heterocycles. The van der Waals surface area contributed by atoms with Crippen molar-refractivity contribution in [1.82, 2.24) is 0 Å². The second-order valence-corrected chi connectivity index (χ2v) is 6.50. The van der Waals surface area contributed by atoms with Crippen LogP contribution in [0.2, 0.25) is 0 Å². The van der Waals surface area contributed by atoms with E-state index in [2.05, 4.69) is 20.8 Å². The number of fused-ring (bicyclic) bond motifs is 2. The van der Waals surface area contributed by atoms with Gasteiger partial charge in [-0.25, -0.2) is 0 Å². The zero-order chi connectivity index (χ0) is 13.2. The Balaban J connectivity index is 2.19. The SMILES string of the molecule is [3H]C1[C@H]2CC[C@](C)(C2(C)C)[C@@]1(O)c1ccccc1. The van der Waals surface area contributed by atoms with Crippen molar-refractivity contribution in [3.8, 4) is 0 Å². The smallest absolute Gasteiger partial charge is 0.0957 e. The van der Waals surface area contributed by atoms with E-state index in [0.29, 0.717) is 5.92 Å². The highest BCUT2D eigenvalue weighted by Gasteiger charge is 2.68. The molecule has 1 N–H and O–H groups in total. The van der Waals surface area contributed by atoms with Crippen molar-refractivity contribution < 1.29 is 6.48 Å². The van der Waals surface area contributed by atoms with E-state index in [1.165, 1.54) is 0 Å². The minimum absolute atomic E-state index is 0.0318. The Bertz CT molecular complexity index is 469. The largest absolute Gasteiger partial charge is 0.385 e. The second kappa shape index (κ2) is 3.14. The molecule has 3 rings (SSSR count). The molecule has 2 bridgehead atoms. The first-order chi connectivity index (χ1) is 8.36. The van der Waals surface area contributed by atoms with E-state index < -0.39 is 12.0 Å². The zero-order valence-electron chi connectivity index (χ0n) is 11.9. The zero-order valence-corrected chi connectivity index (χ0v) is 10.9. The topological polar surface area (TPSA) is 20.2 Å². The van der Waals surface area contributed by atoms with Gasteiger partial charge in [-0.15, -0.1) is 0 Å². The fourth-order valence-corrected chi connectivity index (χ4v) is 4.09.